The zero-order valence-corrected chi connectivity index (χ0v) is 14.1. The maximum atomic E-state index is 12.1. The largest absolute Gasteiger partial charge is 0.387 e. The average molecular weight is 397 g/mol. The van der Waals surface area contributed by atoms with Crippen molar-refractivity contribution >= 4 is 48.9 Å². The van der Waals surface area contributed by atoms with Crippen LogP contribution < -0.4 is 4.72 Å². The normalized spacial score (nSPS) is 13.3. The Morgan fingerprint density at radius 1 is 1.40 bits per heavy atom. The summed E-state index contributed by atoms with van der Waals surface area (Å²) in [5.74, 6) is 0. The zero-order valence-electron chi connectivity index (χ0n) is 10.1. The molecule has 2 aromatic rings. The molecule has 0 aliphatic carbocycles. The molecule has 2 N–H and O–H groups in total. The second-order valence-electron chi connectivity index (χ2n) is 4.00. The van der Waals surface area contributed by atoms with Crippen LogP contribution in [0.15, 0.2) is 44.4 Å². The Bertz CT molecular complexity index is 689. The van der Waals surface area contributed by atoms with Crippen LogP contribution in [0.1, 0.15) is 11.7 Å². The quantitative estimate of drug-likeness (QED) is 0.816. The van der Waals surface area contributed by atoms with Gasteiger partial charge in [-0.3, -0.25) is 0 Å². The zero-order chi connectivity index (χ0) is 14.8. The summed E-state index contributed by atoms with van der Waals surface area (Å²) in [7, 11) is -3.68. The Hall–Kier alpha value is -0.440. The second-order valence-corrected chi connectivity index (χ2v) is 7.81. The van der Waals surface area contributed by atoms with Crippen molar-refractivity contribution in [1.82, 2.24) is 4.72 Å². The fourth-order valence-corrected chi connectivity index (χ4v) is 3.92. The summed E-state index contributed by atoms with van der Waals surface area (Å²) in [5.41, 5.74) is 0.690. The smallest absolute Gasteiger partial charge is 0.240 e. The summed E-state index contributed by atoms with van der Waals surface area (Å²) in [6.45, 7) is -0.0840. The summed E-state index contributed by atoms with van der Waals surface area (Å²) in [6.07, 6.45) is -0.869. The van der Waals surface area contributed by atoms with Crippen molar-refractivity contribution in [1.29, 1.82) is 0 Å². The van der Waals surface area contributed by atoms with Gasteiger partial charge in [-0.25, -0.2) is 13.1 Å². The summed E-state index contributed by atoms with van der Waals surface area (Å²) in [5, 5.41) is 13.9. The highest BCUT2D eigenvalue weighted by atomic mass is 79.9. The lowest BCUT2D eigenvalue weighted by molar-refractivity contribution is 0.182. The van der Waals surface area contributed by atoms with E-state index >= 15 is 0 Å². The molecule has 0 radical (unpaired) electrons. The molecule has 0 saturated carbocycles. The molecule has 0 fully saturated rings. The number of nitrogens with one attached hydrogen (secondary N) is 1. The molecule has 0 amide bonds. The third kappa shape index (κ3) is 3.81. The highest BCUT2D eigenvalue weighted by Gasteiger charge is 2.17. The Kier molecular flexibility index (Phi) is 5.22. The summed E-state index contributed by atoms with van der Waals surface area (Å²) in [6, 6.07) is 6.08. The number of rotatable bonds is 5. The first kappa shape index (κ1) is 15.9. The number of halogens is 2. The molecule has 0 spiro atoms. The minimum Gasteiger partial charge on any atom is -0.387 e. The molecule has 4 nitrogen and oxygen atoms in total. The van der Waals surface area contributed by atoms with Gasteiger partial charge in [0.15, 0.2) is 0 Å². The number of sulfonamides is 1. The summed E-state index contributed by atoms with van der Waals surface area (Å²) in [4.78, 5) is 0.0892. The van der Waals surface area contributed by atoms with Gasteiger partial charge in [-0.05, 0) is 56.5 Å². The van der Waals surface area contributed by atoms with E-state index in [1.807, 2.05) is 5.38 Å². The van der Waals surface area contributed by atoms with Crippen LogP contribution in [0.2, 0.25) is 5.02 Å². The first-order chi connectivity index (χ1) is 9.40. The Morgan fingerprint density at radius 3 is 2.75 bits per heavy atom. The van der Waals surface area contributed by atoms with Crippen molar-refractivity contribution in [2.45, 2.75) is 11.0 Å². The molecule has 1 atom stereocenters. The lowest BCUT2D eigenvalue weighted by Gasteiger charge is -2.11. The fraction of sp³-hybridized carbons (Fsp3) is 0.167. The van der Waals surface area contributed by atoms with Gasteiger partial charge in [0, 0.05) is 11.0 Å². The average Bonchev–Trinajstić information content (AvgIpc) is 2.93. The predicted molar refractivity (Wildman–Crippen MR) is 83.6 cm³/mol. The van der Waals surface area contributed by atoms with Gasteiger partial charge in [0.25, 0.3) is 0 Å². The molecule has 2 rings (SSSR count). The number of hydrogen-bond acceptors (Lipinski definition) is 4. The van der Waals surface area contributed by atoms with E-state index in [2.05, 4.69) is 20.7 Å². The van der Waals surface area contributed by atoms with E-state index in [0.29, 0.717) is 15.1 Å². The lowest BCUT2D eigenvalue weighted by atomic mass is 10.2. The van der Waals surface area contributed by atoms with Crippen LogP contribution in [0.3, 0.4) is 0 Å². The lowest BCUT2D eigenvalue weighted by Crippen LogP contribution is -2.28. The molecular formula is C12H11BrClNO3S2. The van der Waals surface area contributed by atoms with Gasteiger partial charge in [0.05, 0.1) is 16.0 Å². The van der Waals surface area contributed by atoms with E-state index in [-0.39, 0.29) is 11.4 Å². The molecule has 1 unspecified atom stereocenters. The molecule has 20 heavy (non-hydrogen) atoms. The Labute approximate surface area is 134 Å². The van der Waals surface area contributed by atoms with Gasteiger partial charge in [0.1, 0.15) is 0 Å². The third-order valence-corrected chi connectivity index (χ3v) is 5.93. The monoisotopic (exact) mass is 395 g/mol. The highest BCUT2D eigenvalue weighted by Crippen LogP contribution is 2.25. The van der Waals surface area contributed by atoms with Crippen LogP contribution >= 0.6 is 38.9 Å². The molecule has 0 saturated heterocycles. The van der Waals surface area contributed by atoms with E-state index in [1.54, 1.807) is 11.4 Å². The van der Waals surface area contributed by atoms with Crippen molar-refractivity contribution in [2.24, 2.45) is 0 Å². The SMILES string of the molecule is O=S(=O)(NCC(O)c1ccsc1)c1ccc(Cl)c(Br)c1. The van der Waals surface area contributed by atoms with E-state index in [4.69, 9.17) is 11.6 Å². The van der Waals surface area contributed by atoms with Crippen molar-refractivity contribution in [2.75, 3.05) is 6.54 Å². The molecule has 0 aliphatic rings. The molecule has 8 heteroatoms. The summed E-state index contributed by atoms with van der Waals surface area (Å²) >= 11 is 10.4. The Balaban J connectivity index is 2.09. The summed E-state index contributed by atoms with van der Waals surface area (Å²) < 4.78 is 27.0. The van der Waals surface area contributed by atoms with Gasteiger partial charge in [-0.15, -0.1) is 0 Å². The van der Waals surface area contributed by atoms with Crippen molar-refractivity contribution in [3.8, 4) is 0 Å². The van der Waals surface area contributed by atoms with Crippen molar-refractivity contribution in [3.05, 3.63) is 50.1 Å². The van der Waals surface area contributed by atoms with E-state index in [9.17, 15) is 13.5 Å². The number of hydrogen-bond donors (Lipinski definition) is 2. The fourth-order valence-electron chi connectivity index (χ4n) is 1.50. The number of aliphatic hydroxyl groups is 1. The molecule has 1 aromatic carbocycles. The van der Waals surface area contributed by atoms with Crippen LogP contribution in [0, 0.1) is 0 Å². The Morgan fingerprint density at radius 2 is 2.15 bits per heavy atom. The molecule has 108 valence electrons. The van der Waals surface area contributed by atoms with Gasteiger partial charge in [-0.2, -0.15) is 11.3 Å². The second kappa shape index (κ2) is 6.55. The van der Waals surface area contributed by atoms with E-state index in [1.165, 1.54) is 29.5 Å². The van der Waals surface area contributed by atoms with Gasteiger partial charge in [-0.1, -0.05) is 11.6 Å². The van der Waals surface area contributed by atoms with Gasteiger partial charge in [0.2, 0.25) is 10.0 Å². The van der Waals surface area contributed by atoms with Crippen molar-refractivity contribution < 1.29 is 13.5 Å². The first-order valence-corrected chi connectivity index (χ1v) is 9.15. The molecular weight excluding hydrogens is 386 g/mol. The van der Waals surface area contributed by atoms with Crippen LogP contribution in [-0.4, -0.2) is 20.1 Å². The third-order valence-electron chi connectivity index (χ3n) is 2.60. The van der Waals surface area contributed by atoms with Crippen LogP contribution in [-0.2, 0) is 10.0 Å². The minimum atomic E-state index is -3.68. The maximum Gasteiger partial charge on any atom is 0.240 e. The standard InChI is InChI=1S/C12H11BrClNO3S2/c13-10-5-9(1-2-11(10)14)20(17,18)15-6-12(16)8-3-4-19-7-8/h1-5,7,12,15-16H,6H2. The molecule has 0 bridgehead atoms. The number of benzene rings is 1. The van der Waals surface area contributed by atoms with Crippen LogP contribution in [0.25, 0.3) is 0 Å². The van der Waals surface area contributed by atoms with Crippen LogP contribution in [0.4, 0.5) is 0 Å². The van der Waals surface area contributed by atoms with E-state index < -0.39 is 16.1 Å². The number of thiophene rings is 1. The first-order valence-electron chi connectivity index (χ1n) is 5.55. The molecule has 1 heterocycles. The molecule has 0 aliphatic heterocycles. The van der Waals surface area contributed by atoms with E-state index in [0.717, 1.165) is 0 Å². The topological polar surface area (TPSA) is 66.4 Å². The minimum absolute atomic E-state index is 0.0840. The van der Waals surface area contributed by atoms with Crippen molar-refractivity contribution in [3.63, 3.8) is 0 Å². The van der Waals surface area contributed by atoms with Crippen LogP contribution in [0.5, 0.6) is 0 Å². The maximum absolute atomic E-state index is 12.1. The van der Waals surface area contributed by atoms with Gasteiger partial charge < -0.3 is 5.11 Å². The predicted octanol–water partition coefficient (Wildman–Crippen LogP) is 3.18. The molecule has 1 aromatic heterocycles. The highest BCUT2D eigenvalue weighted by molar-refractivity contribution is 9.10. The van der Waals surface area contributed by atoms with Gasteiger partial charge >= 0.3 is 0 Å². The number of aliphatic hydroxyl groups excluding tert-OH is 1.